The minimum atomic E-state index is -0.0646. The van der Waals surface area contributed by atoms with E-state index in [9.17, 15) is 4.79 Å². The number of halogens is 1. The van der Waals surface area contributed by atoms with Crippen molar-refractivity contribution in [3.05, 3.63) is 29.0 Å². The van der Waals surface area contributed by atoms with Gasteiger partial charge in [0.05, 0.1) is 19.3 Å². The molecule has 1 amide bonds. The van der Waals surface area contributed by atoms with Crippen LogP contribution in [-0.2, 0) is 9.47 Å². The summed E-state index contributed by atoms with van der Waals surface area (Å²) in [6.45, 7) is 5.29. The van der Waals surface area contributed by atoms with Crippen molar-refractivity contribution in [2.75, 3.05) is 32.9 Å². The second-order valence-corrected chi connectivity index (χ2v) is 5.29. The van der Waals surface area contributed by atoms with Gasteiger partial charge in [0.25, 0.3) is 5.91 Å². The molecule has 2 rings (SSSR count). The summed E-state index contributed by atoms with van der Waals surface area (Å²) in [5, 5.41) is 0.343. The zero-order valence-corrected chi connectivity index (χ0v) is 13.0. The predicted octanol–water partition coefficient (Wildman–Crippen LogP) is 2.39. The number of rotatable bonds is 6. The van der Waals surface area contributed by atoms with Crippen molar-refractivity contribution in [3.63, 3.8) is 0 Å². The van der Waals surface area contributed by atoms with Gasteiger partial charge >= 0.3 is 0 Å². The van der Waals surface area contributed by atoms with Crippen LogP contribution in [0.1, 0.15) is 30.3 Å². The first-order valence-electron chi connectivity index (χ1n) is 7.32. The molecule has 0 saturated carbocycles. The molecule has 0 unspecified atom stereocenters. The van der Waals surface area contributed by atoms with Gasteiger partial charge in [0.15, 0.2) is 0 Å². The van der Waals surface area contributed by atoms with Gasteiger partial charge in [0.2, 0.25) is 0 Å². The molecule has 1 saturated heterocycles. The molecule has 0 radical (unpaired) electrons. The van der Waals surface area contributed by atoms with E-state index in [1.165, 1.54) is 0 Å². The van der Waals surface area contributed by atoms with Gasteiger partial charge in [-0.1, -0.05) is 17.7 Å². The van der Waals surface area contributed by atoms with Crippen molar-refractivity contribution in [2.45, 2.75) is 25.9 Å². The molecule has 0 spiro atoms. The average Bonchev–Trinajstić information content (AvgIpc) is 2.51. The number of ether oxygens (including phenoxy) is 2. The molecule has 1 fully saturated rings. The highest BCUT2D eigenvalue weighted by molar-refractivity contribution is 6.29. The molecule has 6 heteroatoms. The van der Waals surface area contributed by atoms with Gasteiger partial charge < -0.3 is 14.4 Å². The molecule has 21 heavy (non-hydrogen) atoms. The van der Waals surface area contributed by atoms with Gasteiger partial charge in [-0.3, -0.25) is 4.79 Å². The van der Waals surface area contributed by atoms with Crippen LogP contribution in [0.25, 0.3) is 0 Å². The lowest BCUT2D eigenvalue weighted by Crippen LogP contribution is -2.41. The Morgan fingerprint density at radius 2 is 2.14 bits per heavy atom. The number of amides is 1. The molecular weight excluding hydrogens is 292 g/mol. The second kappa shape index (κ2) is 8.32. The highest BCUT2D eigenvalue weighted by Crippen LogP contribution is 2.16. The molecule has 2 heterocycles. The van der Waals surface area contributed by atoms with Crippen LogP contribution in [0, 0.1) is 0 Å². The van der Waals surface area contributed by atoms with Gasteiger partial charge in [0.1, 0.15) is 10.8 Å². The van der Waals surface area contributed by atoms with Crippen LogP contribution in [0.5, 0.6) is 0 Å². The van der Waals surface area contributed by atoms with E-state index in [2.05, 4.69) is 4.98 Å². The summed E-state index contributed by atoms with van der Waals surface area (Å²) in [6.07, 6.45) is 1.90. The summed E-state index contributed by atoms with van der Waals surface area (Å²) in [5.74, 6) is -0.0646. The minimum Gasteiger partial charge on any atom is -0.379 e. The van der Waals surface area contributed by atoms with E-state index in [-0.39, 0.29) is 12.0 Å². The maximum absolute atomic E-state index is 12.3. The maximum Gasteiger partial charge on any atom is 0.272 e. The van der Waals surface area contributed by atoms with Gasteiger partial charge in [-0.25, -0.2) is 4.98 Å². The Bertz CT molecular complexity index is 462. The fourth-order valence-electron chi connectivity index (χ4n) is 2.33. The Morgan fingerprint density at radius 1 is 1.38 bits per heavy atom. The first kappa shape index (κ1) is 16.2. The predicted molar refractivity (Wildman–Crippen MR) is 80.6 cm³/mol. The SMILES string of the molecule is CCOCCOC1CCN(C(=O)c2cccc(Cl)n2)CC1. The van der Waals surface area contributed by atoms with Crippen LogP contribution in [0.4, 0.5) is 0 Å². The number of nitrogens with zero attached hydrogens (tertiary/aromatic N) is 2. The first-order valence-corrected chi connectivity index (χ1v) is 7.69. The number of carbonyl (C=O) groups excluding carboxylic acids is 1. The summed E-state index contributed by atoms with van der Waals surface area (Å²) in [6, 6.07) is 5.10. The van der Waals surface area contributed by atoms with Gasteiger partial charge in [-0.05, 0) is 31.9 Å². The van der Waals surface area contributed by atoms with Crippen molar-refractivity contribution in [1.29, 1.82) is 0 Å². The van der Waals surface area contributed by atoms with Crippen molar-refractivity contribution in [3.8, 4) is 0 Å². The van der Waals surface area contributed by atoms with Crippen LogP contribution in [-0.4, -0.2) is 54.8 Å². The van der Waals surface area contributed by atoms with Gasteiger partial charge in [-0.15, -0.1) is 0 Å². The summed E-state index contributed by atoms with van der Waals surface area (Å²) in [7, 11) is 0. The maximum atomic E-state index is 12.3. The highest BCUT2D eigenvalue weighted by Gasteiger charge is 2.24. The molecule has 0 atom stereocenters. The standard InChI is InChI=1S/C15H21ClN2O3/c1-2-20-10-11-21-12-6-8-18(9-7-12)15(19)13-4-3-5-14(16)17-13/h3-5,12H,2,6-11H2,1H3. The summed E-state index contributed by atoms with van der Waals surface area (Å²) in [5.41, 5.74) is 0.401. The fourth-order valence-corrected chi connectivity index (χ4v) is 2.50. The molecule has 1 aromatic rings. The monoisotopic (exact) mass is 312 g/mol. The third kappa shape index (κ3) is 4.95. The zero-order chi connectivity index (χ0) is 15.1. The van der Waals surface area contributed by atoms with E-state index in [4.69, 9.17) is 21.1 Å². The Morgan fingerprint density at radius 3 is 2.81 bits per heavy atom. The first-order chi connectivity index (χ1) is 10.2. The van der Waals surface area contributed by atoms with Crippen LogP contribution >= 0.6 is 11.6 Å². The van der Waals surface area contributed by atoms with Crippen molar-refractivity contribution >= 4 is 17.5 Å². The number of aromatic nitrogens is 1. The van der Waals surface area contributed by atoms with E-state index in [0.717, 1.165) is 12.8 Å². The molecular formula is C15H21ClN2O3. The minimum absolute atomic E-state index is 0.0646. The van der Waals surface area contributed by atoms with Gasteiger partial charge in [0, 0.05) is 19.7 Å². The number of carbonyl (C=O) groups is 1. The smallest absolute Gasteiger partial charge is 0.272 e. The summed E-state index contributed by atoms with van der Waals surface area (Å²) < 4.78 is 11.0. The lowest BCUT2D eigenvalue weighted by Gasteiger charge is -2.31. The van der Waals surface area contributed by atoms with E-state index >= 15 is 0 Å². The number of hydrogen-bond acceptors (Lipinski definition) is 4. The Labute approximate surface area is 130 Å². The molecule has 0 bridgehead atoms. The number of likely N-dealkylation sites (tertiary alicyclic amines) is 1. The van der Waals surface area contributed by atoms with Crippen LogP contribution in [0.2, 0.25) is 5.15 Å². The zero-order valence-electron chi connectivity index (χ0n) is 12.3. The highest BCUT2D eigenvalue weighted by atomic mass is 35.5. The molecule has 0 aliphatic carbocycles. The summed E-state index contributed by atoms with van der Waals surface area (Å²) in [4.78, 5) is 18.2. The summed E-state index contributed by atoms with van der Waals surface area (Å²) >= 11 is 5.82. The topological polar surface area (TPSA) is 51.7 Å². The molecule has 5 nitrogen and oxygen atoms in total. The average molecular weight is 313 g/mol. The third-order valence-electron chi connectivity index (χ3n) is 3.45. The van der Waals surface area contributed by atoms with Crippen LogP contribution in [0.3, 0.4) is 0 Å². The second-order valence-electron chi connectivity index (χ2n) is 4.90. The normalized spacial score (nSPS) is 16.2. The molecule has 1 aliphatic rings. The van der Waals surface area contributed by atoms with E-state index in [1.807, 2.05) is 6.92 Å². The quantitative estimate of drug-likeness (QED) is 0.598. The van der Waals surface area contributed by atoms with Crippen LogP contribution in [0.15, 0.2) is 18.2 Å². The molecule has 1 aromatic heterocycles. The Balaban J connectivity index is 1.77. The van der Waals surface area contributed by atoms with E-state index < -0.39 is 0 Å². The number of pyridine rings is 1. The Hall–Kier alpha value is -1.17. The third-order valence-corrected chi connectivity index (χ3v) is 3.66. The lowest BCUT2D eigenvalue weighted by atomic mass is 10.1. The van der Waals surface area contributed by atoms with Crippen LogP contribution < -0.4 is 0 Å². The lowest BCUT2D eigenvalue weighted by molar-refractivity contribution is -0.0183. The number of piperidine rings is 1. The van der Waals surface area contributed by atoms with Crippen molar-refractivity contribution < 1.29 is 14.3 Å². The van der Waals surface area contributed by atoms with Crippen molar-refractivity contribution in [1.82, 2.24) is 9.88 Å². The van der Waals surface area contributed by atoms with Crippen molar-refractivity contribution in [2.24, 2.45) is 0 Å². The number of hydrogen-bond donors (Lipinski definition) is 0. The molecule has 0 aromatic carbocycles. The van der Waals surface area contributed by atoms with E-state index in [1.54, 1.807) is 23.1 Å². The largest absolute Gasteiger partial charge is 0.379 e. The van der Waals surface area contributed by atoms with Gasteiger partial charge in [-0.2, -0.15) is 0 Å². The molecule has 1 aliphatic heterocycles. The fraction of sp³-hybridized carbons (Fsp3) is 0.600. The molecule has 116 valence electrons. The van der Waals surface area contributed by atoms with E-state index in [0.29, 0.717) is 43.8 Å². The Kier molecular flexibility index (Phi) is 6.42. The molecule has 0 N–H and O–H groups in total.